The van der Waals surface area contributed by atoms with Gasteiger partial charge in [0.2, 0.25) is 0 Å². The third-order valence-electron chi connectivity index (χ3n) is 4.67. The Morgan fingerprint density at radius 2 is 1.37 bits per heavy atom. The summed E-state index contributed by atoms with van der Waals surface area (Å²) in [4.78, 5) is 23.1. The van der Waals surface area contributed by atoms with Crippen LogP contribution >= 0.6 is 11.3 Å². The molecule has 0 spiro atoms. The SMILES string of the molecule is COc1cc(OCc2csc(COc3ccc(C=O)c(OC)c3)c2C)ccc1C=O. The van der Waals surface area contributed by atoms with E-state index in [4.69, 9.17) is 18.9 Å². The Morgan fingerprint density at radius 3 is 1.87 bits per heavy atom. The van der Waals surface area contributed by atoms with Gasteiger partial charge in [-0.25, -0.2) is 0 Å². The topological polar surface area (TPSA) is 71.1 Å². The molecule has 1 aromatic heterocycles. The van der Waals surface area contributed by atoms with Crippen molar-refractivity contribution in [1.82, 2.24) is 0 Å². The van der Waals surface area contributed by atoms with E-state index in [1.165, 1.54) is 14.2 Å². The summed E-state index contributed by atoms with van der Waals surface area (Å²) in [6.07, 6.45) is 1.50. The van der Waals surface area contributed by atoms with E-state index >= 15 is 0 Å². The van der Waals surface area contributed by atoms with E-state index in [-0.39, 0.29) is 0 Å². The normalized spacial score (nSPS) is 10.4. The smallest absolute Gasteiger partial charge is 0.153 e. The third kappa shape index (κ3) is 4.80. The van der Waals surface area contributed by atoms with Gasteiger partial charge in [0.05, 0.1) is 25.3 Å². The van der Waals surface area contributed by atoms with Crippen molar-refractivity contribution < 1.29 is 28.5 Å². The minimum absolute atomic E-state index is 0.397. The molecule has 0 fully saturated rings. The third-order valence-corrected chi connectivity index (χ3v) is 5.78. The lowest BCUT2D eigenvalue weighted by Gasteiger charge is -2.10. The Balaban J connectivity index is 1.63. The number of thiophene rings is 1. The molecule has 3 aromatic rings. The minimum atomic E-state index is 0.397. The first kappa shape index (κ1) is 21.4. The van der Waals surface area contributed by atoms with Crippen molar-refractivity contribution in [1.29, 1.82) is 0 Å². The van der Waals surface area contributed by atoms with Crippen molar-refractivity contribution in [3.63, 3.8) is 0 Å². The fourth-order valence-electron chi connectivity index (χ4n) is 2.85. The van der Waals surface area contributed by atoms with Gasteiger partial charge in [-0.05, 0) is 42.1 Å². The highest BCUT2D eigenvalue weighted by Crippen LogP contribution is 2.29. The Hall–Kier alpha value is -3.32. The zero-order chi connectivity index (χ0) is 21.5. The number of rotatable bonds is 10. The molecule has 0 saturated heterocycles. The number of benzene rings is 2. The first-order chi connectivity index (χ1) is 14.6. The van der Waals surface area contributed by atoms with Gasteiger partial charge in [0, 0.05) is 22.6 Å². The van der Waals surface area contributed by atoms with Crippen molar-refractivity contribution in [2.45, 2.75) is 20.1 Å². The predicted octanol–water partition coefficient (Wildman–Crippen LogP) is 4.86. The van der Waals surface area contributed by atoms with Crippen LogP contribution in [0.25, 0.3) is 0 Å². The second kappa shape index (κ2) is 9.93. The van der Waals surface area contributed by atoms with Crippen molar-refractivity contribution in [3.8, 4) is 23.0 Å². The fourth-order valence-corrected chi connectivity index (χ4v) is 3.81. The molecule has 6 nitrogen and oxygen atoms in total. The lowest BCUT2D eigenvalue weighted by Crippen LogP contribution is -2.00. The summed E-state index contributed by atoms with van der Waals surface area (Å²) >= 11 is 1.60. The fraction of sp³-hybridized carbons (Fsp3) is 0.217. The van der Waals surface area contributed by atoms with Gasteiger partial charge < -0.3 is 18.9 Å². The first-order valence-electron chi connectivity index (χ1n) is 9.17. The van der Waals surface area contributed by atoms with Crippen LogP contribution < -0.4 is 18.9 Å². The van der Waals surface area contributed by atoms with Crippen LogP contribution in [0.2, 0.25) is 0 Å². The molecule has 0 atom stereocenters. The van der Waals surface area contributed by atoms with E-state index in [0.29, 0.717) is 47.3 Å². The van der Waals surface area contributed by atoms with Gasteiger partial charge in [-0.2, -0.15) is 0 Å². The lowest BCUT2D eigenvalue weighted by atomic mass is 10.2. The highest BCUT2D eigenvalue weighted by atomic mass is 32.1. The van der Waals surface area contributed by atoms with Gasteiger partial charge in [-0.15, -0.1) is 11.3 Å². The van der Waals surface area contributed by atoms with Crippen LogP contribution in [0.3, 0.4) is 0 Å². The molecule has 0 aliphatic heterocycles. The maximum atomic E-state index is 11.0. The maximum absolute atomic E-state index is 11.0. The summed E-state index contributed by atoms with van der Waals surface area (Å²) in [6.45, 7) is 2.83. The molecule has 7 heteroatoms. The summed E-state index contributed by atoms with van der Waals surface area (Å²) in [5.41, 5.74) is 3.13. The molecule has 30 heavy (non-hydrogen) atoms. The zero-order valence-corrected chi connectivity index (χ0v) is 17.8. The van der Waals surface area contributed by atoms with E-state index in [1.54, 1.807) is 47.7 Å². The molecule has 0 unspecified atom stereocenters. The summed E-state index contributed by atoms with van der Waals surface area (Å²) in [5.74, 6) is 2.22. The molecule has 1 heterocycles. The molecule has 2 aromatic carbocycles. The van der Waals surface area contributed by atoms with Crippen molar-refractivity contribution in [3.05, 3.63) is 68.9 Å². The van der Waals surface area contributed by atoms with Gasteiger partial charge in [0.15, 0.2) is 12.6 Å². The average molecular weight is 426 g/mol. The van der Waals surface area contributed by atoms with Gasteiger partial charge in [0.25, 0.3) is 0 Å². The maximum Gasteiger partial charge on any atom is 0.153 e. The van der Waals surface area contributed by atoms with E-state index in [1.807, 2.05) is 12.3 Å². The first-order valence-corrected chi connectivity index (χ1v) is 10.1. The molecule has 0 aliphatic carbocycles. The largest absolute Gasteiger partial charge is 0.496 e. The van der Waals surface area contributed by atoms with Crippen LogP contribution in [0.15, 0.2) is 41.8 Å². The van der Waals surface area contributed by atoms with Crippen LogP contribution in [0.5, 0.6) is 23.0 Å². The van der Waals surface area contributed by atoms with E-state index in [9.17, 15) is 9.59 Å². The van der Waals surface area contributed by atoms with Crippen LogP contribution in [-0.4, -0.2) is 26.8 Å². The second-order valence-electron chi connectivity index (χ2n) is 6.43. The molecule has 3 rings (SSSR count). The van der Waals surface area contributed by atoms with Gasteiger partial charge in [-0.3, -0.25) is 9.59 Å². The standard InChI is InChI=1S/C23H22O6S/c1-15-18(12-28-19-6-4-16(10-24)21(8-19)26-2)14-30-23(15)13-29-20-7-5-17(11-25)22(9-20)27-3/h4-11,14H,12-13H2,1-3H3. The highest BCUT2D eigenvalue weighted by Gasteiger charge is 2.11. The van der Waals surface area contributed by atoms with Crippen LogP contribution in [0.4, 0.5) is 0 Å². The Kier molecular flexibility index (Phi) is 7.08. The molecular formula is C23H22O6S. The van der Waals surface area contributed by atoms with E-state index in [2.05, 4.69) is 0 Å². The lowest BCUT2D eigenvalue weighted by molar-refractivity contribution is 0.111. The van der Waals surface area contributed by atoms with Crippen LogP contribution in [0.1, 0.15) is 36.7 Å². The average Bonchev–Trinajstić information content (AvgIpc) is 3.14. The summed E-state index contributed by atoms with van der Waals surface area (Å²) in [6, 6.07) is 10.2. The second-order valence-corrected chi connectivity index (χ2v) is 7.39. The molecule has 156 valence electrons. The van der Waals surface area contributed by atoms with Crippen LogP contribution in [0, 0.1) is 6.92 Å². The molecule has 0 saturated carbocycles. The summed E-state index contributed by atoms with van der Waals surface area (Å²) in [7, 11) is 3.04. The number of ether oxygens (including phenoxy) is 4. The molecule has 0 bridgehead atoms. The summed E-state index contributed by atoms with van der Waals surface area (Å²) < 4.78 is 22.2. The van der Waals surface area contributed by atoms with E-state index in [0.717, 1.165) is 28.6 Å². The minimum Gasteiger partial charge on any atom is -0.496 e. The quantitative estimate of drug-likeness (QED) is 0.431. The molecular weight excluding hydrogens is 404 g/mol. The monoisotopic (exact) mass is 426 g/mol. The van der Waals surface area contributed by atoms with Crippen molar-refractivity contribution in [2.75, 3.05) is 14.2 Å². The number of carbonyl (C=O) groups excluding carboxylic acids is 2. The molecule has 0 radical (unpaired) electrons. The number of methoxy groups -OCH3 is 2. The number of hydrogen-bond donors (Lipinski definition) is 0. The van der Waals surface area contributed by atoms with E-state index < -0.39 is 0 Å². The molecule has 0 N–H and O–H groups in total. The number of hydrogen-bond acceptors (Lipinski definition) is 7. The van der Waals surface area contributed by atoms with Crippen molar-refractivity contribution in [2.24, 2.45) is 0 Å². The zero-order valence-electron chi connectivity index (χ0n) is 17.0. The molecule has 0 amide bonds. The Bertz CT molecular complexity index is 959. The summed E-state index contributed by atoms with van der Waals surface area (Å²) in [5, 5.41) is 2.04. The van der Waals surface area contributed by atoms with Gasteiger partial charge in [-0.1, -0.05) is 0 Å². The Labute approximate surface area is 179 Å². The Morgan fingerprint density at radius 1 is 0.833 bits per heavy atom. The molecule has 0 aliphatic rings. The number of aldehydes is 2. The van der Waals surface area contributed by atoms with Gasteiger partial charge in [0.1, 0.15) is 36.2 Å². The number of carbonyl (C=O) groups is 2. The van der Waals surface area contributed by atoms with Crippen molar-refractivity contribution >= 4 is 23.9 Å². The van der Waals surface area contributed by atoms with Crippen LogP contribution in [-0.2, 0) is 13.2 Å². The highest BCUT2D eigenvalue weighted by molar-refractivity contribution is 7.10. The predicted molar refractivity (Wildman–Crippen MR) is 114 cm³/mol. The van der Waals surface area contributed by atoms with Gasteiger partial charge >= 0.3 is 0 Å².